The maximum Gasteiger partial charge on any atom is 0.325 e. The van der Waals surface area contributed by atoms with Crippen LogP contribution in [0.4, 0.5) is 10.5 Å². The lowest BCUT2D eigenvalue weighted by molar-refractivity contribution is -0.134. The molecule has 1 aliphatic rings. The van der Waals surface area contributed by atoms with E-state index in [2.05, 4.69) is 10.6 Å². The summed E-state index contributed by atoms with van der Waals surface area (Å²) in [7, 11) is 4.56. The number of amides is 4. The van der Waals surface area contributed by atoms with E-state index >= 15 is 0 Å². The van der Waals surface area contributed by atoms with Crippen molar-refractivity contribution in [2.45, 2.75) is 25.8 Å². The van der Waals surface area contributed by atoms with Gasteiger partial charge in [-0.05, 0) is 48.7 Å². The molecule has 0 saturated carbocycles. The second-order valence-corrected chi connectivity index (χ2v) is 7.38. The first kappa shape index (κ1) is 22.9. The van der Waals surface area contributed by atoms with Crippen LogP contribution in [-0.2, 0) is 15.1 Å². The van der Waals surface area contributed by atoms with Crippen LogP contribution in [-0.4, -0.2) is 50.6 Å². The Kier molecular flexibility index (Phi) is 6.57. The molecule has 1 saturated heterocycles. The predicted octanol–water partition coefficient (Wildman–Crippen LogP) is 2.82. The van der Waals surface area contributed by atoms with E-state index in [1.807, 2.05) is 19.9 Å². The largest absolute Gasteiger partial charge is 0.497 e. The summed E-state index contributed by atoms with van der Waals surface area (Å²) in [5, 5.41) is 5.46. The molecule has 1 aliphatic heterocycles. The summed E-state index contributed by atoms with van der Waals surface area (Å²) in [4.78, 5) is 39.6. The molecule has 1 unspecified atom stereocenters. The van der Waals surface area contributed by atoms with Gasteiger partial charge in [0.15, 0.2) is 0 Å². The molecule has 1 atom stereocenters. The molecule has 170 valence electrons. The molecular formula is C23H27N3O6. The van der Waals surface area contributed by atoms with Gasteiger partial charge in [-0.25, -0.2) is 4.79 Å². The van der Waals surface area contributed by atoms with Crippen LogP contribution in [0.3, 0.4) is 0 Å². The Morgan fingerprint density at radius 1 is 1.03 bits per heavy atom. The van der Waals surface area contributed by atoms with E-state index in [4.69, 9.17) is 14.2 Å². The highest BCUT2D eigenvalue weighted by molar-refractivity contribution is 6.10. The molecule has 4 amide bonds. The van der Waals surface area contributed by atoms with Crippen LogP contribution in [0.2, 0.25) is 0 Å². The van der Waals surface area contributed by atoms with E-state index in [9.17, 15) is 14.4 Å². The van der Waals surface area contributed by atoms with Crippen molar-refractivity contribution in [2.24, 2.45) is 0 Å². The lowest BCUT2D eigenvalue weighted by Gasteiger charge is -2.26. The summed E-state index contributed by atoms with van der Waals surface area (Å²) >= 11 is 0. The minimum Gasteiger partial charge on any atom is -0.497 e. The number of urea groups is 1. The molecule has 2 aromatic rings. The third-order valence-electron chi connectivity index (χ3n) is 5.58. The summed E-state index contributed by atoms with van der Waals surface area (Å²) < 4.78 is 15.7. The minimum atomic E-state index is -1.24. The van der Waals surface area contributed by atoms with Crippen molar-refractivity contribution in [3.05, 3.63) is 47.5 Å². The number of carbonyl (C=O) groups is 3. The fraction of sp³-hybridized carbons (Fsp3) is 0.348. The Bertz CT molecular complexity index is 1050. The van der Waals surface area contributed by atoms with Gasteiger partial charge in [0.1, 0.15) is 29.3 Å². The Morgan fingerprint density at radius 2 is 1.75 bits per heavy atom. The SMILES string of the molecule is CCC1(c2ccc(OC)c(C)c2)NC(=O)N(CC(=O)Nc2ccc(OC)cc2OC)C1=O. The summed E-state index contributed by atoms with van der Waals surface area (Å²) in [5.74, 6) is 0.630. The number of rotatable bonds is 8. The topological polar surface area (TPSA) is 106 Å². The second-order valence-electron chi connectivity index (χ2n) is 7.38. The highest BCUT2D eigenvalue weighted by atomic mass is 16.5. The zero-order valence-electron chi connectivity index (χ0n) is 18.8. The van der Waals surface area contributed by atoms with E-state index in [0.717, 1.165) is 10.5 Å². The van der Waals surface area contributed by atoms with Gasteiger partial charge in [0.2, 0.25) is 5.91 Å². The average Bonchev–Trinajstić information content (AvgIpc) is 3.04. The Morgan fingerprint density at radius 3 is 2.34 bits per heavy atom. The van der Waals surface area contributed by atoms with Gasteiger partial charge in [0.05, 0.1) is 27.0 Å². The van der Waals surface area contributed by atoms with Gasteiger partial charge in [0.25, 0.3) is 5.91 Å². The number of methoxy groups -OCH3 is 3. The summed E-state index contributed by atoms with van der Waals surface area (Å²) in [6.45, 7) is 3.24. The maximum atomic E-state index is 13.3. The molecule has 0 spiro atoms. The lowest BCUT2D eigenvalue weighted by Crippen LogP contribution is -2.44. The van der Waals surface area contributed by atoms with Crippen LogP contribution in [0.1, 0.15) is 24.5 Å². The minimum absolute atomic E-state index is 0.327. The number of ether oxygens (including phenoxy) is 3. The first-order valence-electron chi connectivity index (χ1n) is 10.1. The number of hydrogen-bond donors (Lipinski definition) is 2. The first-order chi connectivity index (χ1) is 15.3. The number of hydrogen-bond acceptors (Lipinski definition) is 6. The van der Waals surface area contributed by atoms with Gasteiger partial charge < -0.3 is 24.8 Å². The molecule has 9 nitrogen and oxygen atoms in total. The van der Waals surface area contributed by atoms with Crippen LogP contribution in [0.25, 0.3) is 0 Å². The highest BCUT2D eigenvalue weighted by Gasteiger charge is 2.51. The van der Waals surface area contributed by atoms with Crippen LogP contribution in [0, 0.1) is 6.92 Å². The standard InChI is InChI=1S/C23H27N3O6/c1-6-23(15-7-10-18(31-4)14(2)11-15)21(28)26(22(29)25-23)13-20(27)24-17-9-8-16(30-3)12-19(17)32-5/h7-12H,6,13H2,1-5H3,(H,24,27)(H,25,29). The van der Waals surface area contributed by atoms with Gasteiger partial charge in [0, 0.05) is 6.07 Å². The van der Waals surface area contributed by atoms with E-state index < -0.39 is 29.9 Å². The predicted molar refractivity (Wildman–Crippen MR) is 118 cm³/mol. The van der Waals surface area contributed by atoms with Gasteiger partial charge in [-0.15, -0.1) is 0 Å². The van der Waals surface area contributed by atoms with Crippen LogP contribution < -0.4 is 24.8 Å². The number of imide groups is 1. The monoisotopic (exact) mass is 441 g/mol. The molecule has 1 heterocycles. The molecule has 2 N–H and O–H groups in total. The van der Waals surface area contributed by atoms with E-state index in [-0.39, 0.29) is 0 Å². The molecule has 0 radical (unpaired) electrons. The molecule has 0 bridgehead atoms. The number of aryl methyl sites for hydroxylation is 1. The maximum absolute atomic E-state index is 13.3. The summed E-state index contributed by atoms with van der Waals surface area (Å²) in [6, 6.07) is 9.61. The molecule has 3 rings (SSSR count). The van der Waals surface area contributed by atoms with Gasteiger partial charge in [-0.2, -0.15) is 0 Å². The van der Waals surface area contributed by atoms with Crippen LogP contribution >= 0.6 is 0 Å². The average molecular weight is 441 g/mol. The fourth-order valence-electron chi connectivity index (χ4n) is 3.79. The number of nitrogens with one attached hydrogen (secondary N) is 2. The number of benzene rings is 2. The normalized spacial score (nSPS) is 17.7. The zero-order chi connectivity index (χ0) is 23.5. The molecule has 0 aromatic heterocycles. The lowest BCUT2D eigenvalue weighted by atomic mass is 9.86. The van der Waals surface area contributed by atoms with Crippen molar-refractivity contribution in [1.82, 2.24) is 10.2 Å². The van der Waals surface area contributed by atoms with Gasteiger partial charge >= 0.3 is 6.03 Å². The van der Waals surface area contributed by atoms with Crippen molar-refractivity contribution in [1.29, 1.82) is 0 Å². The van der Waals surface area contributed by atoms with E-state index in [1.54, 1.807) is 37.4 Å². The first-order valence-corrected chi connectivity index (χ1v) is 10.1. The zero-order valence-corrected chi connectivity index (χ0v) is 18.8. The molecule has 32 heavy (non-hydrogen) atoms. The highest BCUT2D eigenvalue weighted by Crippen LogP contribution is 2.35. The van der Waals surface area contributed by atoms with Gasteiger partial charge in [-0.3, -0.25) is 14.5 Å². The molecular weight excluding hydrogens is 414 g/mol. The van der Waals surface area contributed by atoms with Crippen molar-refractivity contribution in [3.8, 4) is 17.2 Å². The molecule has 0 aliphatic carbocycles. The third-order valence-corrected chi connectivity index (χ3v) is 5.58. The third kappa shape index (κ3) is 4.05. The Labute approximate surface area is 186 Å². The van der Waals surface area contributed by atoms with Crippen LogP contribution in [0.15, 0.2) is 36.4 Å². The number of anilines is 1. The van der Waals surface area contributed by atoms with Crippen molar-refractivity contribution in [2.75, 3.05) is 33.2 Å². The molecule has 1 fully saturated rings. The smallest absolute Gasteiger partial charge is 0.325 e. The van der Waals surface area contributed by atoms with Crippen LogP contribution in [0.5, 0.6) is 17.2 Å². The van der Waals surface area contributed by atoms with Crippen molar-refractivity contribution in [3.63, 3.8) is 0 Å². The number of nitrogens with zero attached hydrogens (tertiary/aromatic N) is 1. The number of carbonyl (C=O) groups excluding carboxylic acids is 3. The summed E-state index contributed by atoms with van der Waals surface area (Å²) in [5.41, 5.74) is 0.628. The van der Waals surface area contributed by atoms with Crippen molar-refractivity contribution < 1.29 is 28.6 Å². The van der Waals surface area contributed by atoms with Gasteiger partial charge in [-0.1, -0.05) is 13.0 Å². The second kappa shape index (κ2) is 9.17. The molecule has 2 aromatic carbocycles. The van der Waals surface area contributed by atoms with E-state index in [0.29, 0.717) is 34.9 Å². The quantitative estimate of drug-likeness (QED) is 0.610. The Hall–Kier alpha value is -3.75. The molecule has 9 heteroatoms. The summed E-state index contributed by atoms with van der Waals surface area (Å²) in [6.07, 6.45) is 0.327. The Balaban J connectivity index is 1.81. The van der Waals surface area contributed by atoms with Crippen molar-refractivity contribution >= 4 is 23.5 Å². The fourth-order valence-corrected chi connectivity index (χ4v) is 3.79. The van der Waals surface area contributed by atoms with E-state index in [1.165, 1.54) is 14.2 Å².